The van der Waals surface area contributed by atoms with Crippen LogP contribution in [-0.2, 0) is 24.7 Å². The van der Waals surface area contributed by atoms with E-state index in [1.165, 1.54) is 23.1 Å². The van der Waals surface area contributed by atoms with Gasteiger partial charge < -0.3 is 15.4 Å². The minimum Gasteiger partial charge on any atom is -0.376 e. The van der Waals surface area contributed by atoms with Gasteiger partial charge in [-0.05, 0) is 31.0 Å². The molecule has 3 saturated heterocycles. The minimum absolute atomic E-state index is 0.0618. The maximum absolute atomic E-state index is 14.1. The second-order valence-corrected chi connectivity index (χ2v) is 8.93. The second-order valence-electron chi connectivity index (χ2n) is 8.93. The highest BCUT2D eigenvalue weighted by Crippen LogP contribution is 2.50. The number of likely N-dealkylation sites (tertiary alicyclic amines) is 1. The third-order valence-electron chi connectivity index (χ3n) is 7.03. The predicted octanol–water partition coefficient (Wildman–Crippen LogP) is 0.355. The van der Waals surface area contributed by atoms with Crippen LogP contribution in [0.2, 0.25) is 0 Å². The Morgan fingerprint density at radius 2 is 2.10 bits per heavy atom. The molecule has 3 N–H and O–H groups in total. The van der Waals surface area contributed by atoms with Crippen molar-refractivity contribution in [2.45, 2.75) is 44.4 Å². The smallest absolute Gasteiger partial charge is 0.291 e. The Kier molecular flexibility index (Phi) is 4.08. The lowest BCUT2D eigenvalue weighted by molar-refractivity contribution is -0.738. The van der Waals surface area contributed by atoms with Crippen molar-refractivity contribution < 1.29 is 28.8 Å². The number of amides is 3. The maximum atomic E-state index is 14.1. The number of fused-ring (bicyclic) bond motifs is 4. The van der Waals surface area contributed by atoms with Gasteiger partial charge in [0.15, 0.2) is 0 Å². The fraction of sp³-hybridized carbons (Fsp3) is 0.571. The zero-order valence-electron chi connectivity index (χ0n) is 16.5. The molecule has 0 aliphatic carbocycles. The summed E-state index contributed by atoms with van der Waals surface area (Å²) in [5, 5.41) is 4.65. The molecule has 0 aromatic heterocycles. The van der Waals surface area contributed by atoms with Crippen molar-refractivity contribution in [1.82, 2.24) is 4.90 Å². The maximum Gasteiger partial charge on any atom is 0.291 e. The number of nitrogens with two attached hydrogens (primary N) is 1. The summed E-state index contributed by atoms with van der Waals surface area (Å²) < 4.78 is 19.7. The van der Waals surface area contributed by atoms with Crippen LogP contribution in [0.25, 0.3) is 0 Å². The van der Waals surface area contributed by atoms with Crippen molar-refractivity contribution in [1.29, 1.82) is 0 Å². The van der Waals surface area contributed by atoms with Crippen LogP contribution in [0.1, 0.15) is 32.3 Å². The molecule has 0 radical (unpaired) electrons. The normalized spacial score (nSPS) is 35.7. The van der Waals surface area contributed by atoms with Gasteiger partial charge in [0.05, 0.1) is 18.3 Å². The number of nitrogens with zero attached hydrogens (tertiary/aromatic N) is 1. The molecule has 5 rings (SSSR count). The SMILES string of the molecule is CC(C)[C@@H]1[NH2+][C@@]2(C(=O)Nc3ccc(F)cc32)[C@H]2C(=O)N(C[C@H]3CCCO3)C(=O)[C@@H]12. The third kappa shape index (κ3) is 2.45. The largest absolute Gasteiger partial charge is 0.376 e. The Hall–Kier alpha value is -2.32. The molecule has 154 valence electrons. The van der Waals surface area contributed by atoms with Crippen LogP contribution in [0.4, 0.5) is 10.1 Å². The van der Waals surface area contributed by atoms with Crippen molar-refractivity contribution >= 4 is 23.4 Å². The van der Waals surface area contributed by atoms with Gasteiger partial charge in [-0.15, -0.1) is 0 Å². The van der Waals surface area contributed by atoms with Gasteiger partial charge in [0, 0.05) is 18.1 Å². The van der Waals surface area contributed by atoms with E-state index in [-0.39, 0.29) is 42.3 Å². The number of carbonyl (C=O) groups excluding carboxylic acids is 3. The molecule has 7 nitrogen and oxygen atoms in total. The van der Waals surface area contributed by atoms with Gasteiger partial charge in [0.1, 0.15) is 23.7 Å². The number of rotatable bonds is 3. The average molecular weight is 402 g/mol. The van der Waals surface area contributed by atoms with Gasteiger partial charge in [-0.2, -0.15) is 0 Å². The number of halogens is 1. The molecule has 0 saturated carbocycles. The summed E-state index contributed by atoms with van der Waals surface area (Å²) in [6, 6.07) is 3.89. The third-order valence-corrected chi connectivity index (χ3v) is 7.03. The van der Waals surface area contributed by atoms with Crippen LogP contribution in [0.5, 0.6) is 0 Å². The summed E-state index contributed by atoms with van der Waals surface area (Å²) in [4.78, 5) is 41.4. The standard InChI is InChI=1S/C21H24FN3O4/c1-10(2)17-15-16(19(27)25(18(15)26)9-12-4-3-7-29-12)21(24-17)13-8-11(22)5-6-14(13)23-20(21)28/h5-6,8,10,12,15-17,24H,3-4,7,9H2,1-2H3,(H,23,28)/p+1/t12-,15-,16-,17+,21-/m1/s1. The number of ether oxygens (including phenoxy) is 1. The first-order valence-corrected chi connectivity index (χ1v) is 10.3. The Morgan fingerprint density at radius 1 is 1.31 bits per heavy atom. The molecule has 8 heteroatoms. The number of benzene rings is 1. The first-order chi connectivity index (χ1) is 13.8. The topological polar surface area (TPSA) is 92.3 Å². The van der Waals surface area contributed by atoms with E-state index in [9.17, 15) is 18.8 Å². The van der Waals surface area contributed by atoms with E-state index >= 15 is 0 Å². The molecular formula is C21H25FN3O4+. The minimum atomic E-state index is -1.31. The van der Waals surface area contributed by atoms with E-state index in [0.717, 1.165) is 12.8 Å². The lowest BCUT2D eigenvalue weighted by Crippen LogP contribution is -2.99. The van der Waals surface area contributed by atoms with E-state index < -0.39 is 23.2 Å². The van der Waals surface area contributed by atoms with Crippen LogP contribution < -0.4 is 10.6 Å². The van der Waals surface area contributed by atoms with Crippen molar-refractivity contribution in [3.05, 3.63) is 29.6 Å². The summed E-state index contributed by atoms with van der Waals surface area (Å²) in [6.45, 7) is 4.83. The molecule has 0 unspecified atom stereocenters. The molecule has 29 heavy (non-hydrogen) atoms. The molecular weight excluding hydrogens is 377 g/mol. The van der Waals surface area contributed by atoms with E-state index in [1.807, 2.05) is 19.2 Å². The van der Waals surface area contributed by atoms with E-state index in [1.54, 1.807) is 0 Å². The first kappa shape index (κ1) is 18.7. The Bertz CT molecular complexity index is 913. The number of quaternary nitrogens is 1. The zero-order chi connectivity index (χ0) is 20.5. The number of imide groups is 1. The molecule has 1 spiro atoms. The van der Waals surface area contributed by atoms with Crippen LogP contribution in [0, 0.1) is 23.6 Å². The number of anilines is 1. The van der Waals surface area contributed by atoms with Gasteiger partial charge >= 0.3 is 0 Å². The number of carbonyl (C=O) groups is 3. The lowest BCUT2D eigenvalue weighted by atomic mass is 9.76. The molecule has 3 fully saturated rings. The Balaban J connectivity index is 1.61. The molecule has 4 aliphatic heterocycles. The second kappa shape index (κ2) is 6.34. The highest BCUT2D eigenvalue weighted by atomic mass is 19.1. The van der Waals surface area contributed by atoms with Gasteiger partial charge in [-0.25, -0.2) is 4.39 Å². The molecule has 4 aliphatic rings. The van der Waals surface area contributed by atoms with Crippen LogP contribution in [0.15, 0.2) is 18.2 Å². The van der Waals surface area contributed by atoms with Crippen molar-refractivity contribution in [3.63, 3.8) is 0 Å². The summed E-state index contributed by atoms with van der Waals surface area (Å²) in [5.74, 6) is -2.79. The van der Waals surface area contributed by atoms with E-state index in [4.69, 9.17) is 4.74 Å². The van der Waals surface area contributed by atoms with Crippen molar-refractivity contribution in [2.24, 2.45) is 17.8 Å². The van der Waals surface area contributed by atoms with Crippen molar-refractivity contribution in [2.75, 3.05) is 18.5 Å². The fourth-order valence-corrected chi connectivity index (χ4v) is 5.70. The first-order valence-electron chi connectivity index (χ1n) is 10.3. The van der Waals surface area contributed by atoms with Crippen LogP contribution >= 0.6 is 0 Å². The highest BCUT2D eigenvalue weighted by Gasteiger charge is 2.74. The summed E-state index contributed by atoms with van der Waals surface area (Å²) in [7, 11) is 0. The molecule has 1 aromatic carbocycles. The number of hydrogen-bond acceptors (Lipinski definition) is 4. The average Bonchev–Trinajstić information content (AvgIpc) is 3.41. The van der Waals surface area contributed by atoms with Gasteiger partial charge in [0.2, 0.25) is 17.4 Å². The summed E-state index contributed by atoms with van der Waals surface area (Å²) >= 11 is 0. The van der Waals surface area contributed by atoms with E-state index in [2.05, 4.69) is 5.32 Å². The summed E-state index contributed by atoms with van der Waals surface area (Å²) in [6.07, 6.45) is 1.57. The van der Waals surface area contributed by atoms with Gasteiger partial charge in [-0.3, -0.25) is 19.3 Å². The molecule has 5 atom stereocenters. The van der Waals surface area contributed by atoms with Gasteiger partial charge in [0.25, 0.3) is 5.91 Å². The quantitative estimate of drug-likeness (QED) is 0.714. The molecule has 1 aromatic rings. The zero-order valence-corrected chi connectivity index (χ0v) is 16.5. The van der Waals surface area contributed by atoms with Gasteiger partial charge in [-0.1, -0.05) is 13.8 Å². The monoisotopic (exact) mass is 402 g/mol. The Morgan fingerprint density at radius 3 is 2.79 bits per heavy atom. The molecule has 3 amide bonds. The van der Waals surface area contributed by atoms with Crippen LogP contribution in [0.3, 0.4) is 0 Å². The number of hydrogen-bond donors (Lipinski definition) is 2. The van der Waals surface area contributed by atoms with E-state index in [0.29, 0.717) is 17.9 Å². The predicted molar refractivity (Wildman–Crippen MR) is 99.9 cm³/mol. The molecule has 0 bridgehead atoms. The van der Waals surface area contributed by atoms with Crippen LogP contribution in [-0.4, -0.2) is 47.9 Å². The molecule has 4 heterocycles. The number of nitrogens with one attached hydrogen (secondary N) is 1. The Labute approximate surface area is 168 Å². The van der Waals surface area contributed by atoms with Crippen molar-refractivity contribution in [3.8, 4) is 0 Å². The summed E-state index contributed by atoms with van der Waals surface area (Å²) in [5.41, 5.74) is -0.343. The fourth-order valence-electron chi connectivity index (χ4n) is 5.70. The highest BCUT2D eigenvalue weighted by molar-refractivity contribution is 6.13. The lowest BCUT2D eigenvalue weighted by Gasteiger charge is -2.28.